The molecule has 2 aromatic heterocycles. The standard InChI is InChI=1S/2C22H13F3N2O2/c2*23-14-4-1-3-13(11-14)7-9-16-5-2-6-19(26-16)20-21(29-22(28)27-20)17-10-8-15(24)12-18(17)25/h2*1-6,8,10-12,20-21H,(H,27,28)/t2*20-,21-/m10/s1. The zero-order valence-corrected chi connectivity index (χ0v) is 29.7. The molecule has 0 radical (unpaired) electrons. The van der Waals surface area contributed by atoms with Gasteiger partial charge in [-0.2, -0.15) is 0 Å². The highest BCUT2D eigenvalue weighted by atomic mass is 19.2. The topological polar surface area (TPSA) is 102 Å². The Labute approximate surface area is 326 Å². The van der Waals surface area contributed by atoms with Gasteiger partial charge in [0.05, 0.1) is 11.4 Å². The average molecular weight is 789 g/mol. The van der Waals surface area contributed by atoms with Crippen molar-refractivity contribution >= 4 is 12.2 Å². The molecule has 6 aromatic rings. The molecule has 4 aromatic carbocycles. The van der Waals surface area contributed by atoms with E-state index in [1.807, 2.05) is 0 Å². The van der Waals surface area contributed by atoms with Crippen molar-refractivity contribution in [2.24, 2.45) is 0 Å². The Bertz CT molecular complexity index is 2490. The van der Waals surface area contributed by atoms with Gasteiger partial charge in [-0.1, -0.05) is 36.1 Å². The number of hydrogen-bond donors (Lipinski definition) is 2. The van der Waals surface area contributed by atoms with E-state index >= 15 is 0 Å². The minimum absolute atomic E-state index is 0.0350. The highest BCUT2D eigenvalue weighted by molar-refractivity contribution is 5.71. The normalized spacial score (nSPS) is 17.8. The fourth-order valence-electron chi connectivity index (χ4n) is 6.04. The minimum atomic E-state index is -1.01. The molecule has 4 heterocycles. The fraction of sp³-hybridized carbons (Fsp3) is 0.0909. The van der Waals surface area contributed by atoms with Crippen molar-refractivity contribution in [1.29, 1.82) is 0 Å². The first-order chi connectivity index (χ1) is 28.0. The van der Waals surface area contributed by atoms with Gasteiger partial charge >= 0.3 is 12.2 Å². The number of aromatic nitrogens is 2. The predicted octanol–water partition coefficient (Wildman–Crippen LogP) is 8.84. The lowest BCUT2D eigenvalue weighted by Crippen LogP contribution is -2.21. The zero-order chi connectivity index (χ0) is 40.8. The summed E-state index contributed by atoms with van der Waals surface area (Å²) in [5.41, 5.74) is 2.60. The van der Waals surface area contributed by atoms with Crippen molar-refractivity contribution in [2.75, 3.05) is 0 Å². The van der Waals surface area contributed by atoms with E-state index in [0.29, 0.717) is 33.9 Å². The fourth-order valence-corrected chi connectivity index (χ4v) is 6.04. The first-order valence-electron chi connectivity index (χ1n) is 17.3. The van der Waals surface area contributed by atoms with Crippen LogP contribution in [-0.4, -0.2) is 22.2 Å². The molecule has 4 atom stereocenters. The number of benzene rings is 4. The Morgan fingerprint density at radius 2 is 0.862 bits per heavy atom. The number of halogens is 6. The summed E-state index contributed by atoms with van der Waals surface area (Å²) in [6, 6.07) is 26.2. The number of nitrogens with one attached hydrogen (secondary N) is 2. The van der Waals surface area contributed by atoms with E-state index in [4.69, 9.17) is 9.47 Å². The smallest absolute Gasteiger partial charge is 0.408 e. The van der Waals surface area contributed by atoms with Crippen LogP contribution in [0.1, 0.15) is 69.3 Å². The third kappa shape index (κ3) is 9.26. The van der Waals surface area contributed by atoms with Crippen molar-refractivity contribution in [3.05, 3.63) is 201 Å². The van der Waals surface area contributed by atoms with Crippen LogP contribution >= 0.6 is 0 Å². The summed E-state index contributed by atoms with van der Waals surface area (Å²) in [5.74, 6) is 7.40. The number of ether oxygens (including phenoxy) is 2. The number of cyclic esters (lactones) is 2. The van der Waals surface area contributed by atoms with E-state index in [9.17, 15) is 35.9 Å². The number of carbonyl (C=O) groups is 2. The summed E-state index contributed by atoms with van der Waals surface area (Å²) < 4.78 is 91.8. The van der Waals surface area contributed by atoms with Crippen molar-refractivity contribution in [2.45, 2.75) is 24.3 Å². The van der Waals surface area contributed by atoms with Crippen LogP contribution in [0.4, 0.5) is 35.9 Å². The Hall–Kier alpha value is -7.58. The van der Waals surface area contributed by atoms with Crippen LogP contribution in [0.5, 0.6) is 0 Å². The SMILES string of the molecule is O=C1N[C@@H](c2cccc(C#Cc3cccc(F)c3)n2)[C@H](c2ccc(F)cc2F)O1.O=C1N[C@H](c2cccc(C#Cc3cccc(F)c3)n2)[C@@H](c2ccc(F)cc2F)O1. The monoisotopic (exact) mass is 788 g/mol. The van der Waals surface area contributed by atoms with Crippen LogP contribution in [0.3, 0.4) is 0 Å². The Balaban J connectivity index is 0.000000177. The van der Waals surface area contributed by atoms with E-state index in [1.54, 1.807) is 60.7 Å². The van der Waals surface area contributed by atoms with Crippen LogP contribution in [-0.2, 0) is 9.47 Å². The van der Waals surface area contributed by atoms with Crippen molar-refractivity contribution in [3.8, 4) is 23.7 Å². The zero-order valence-electron chi connectivity index (χ0n) is 29.7. The summed E-state index contributed by atoms with van der Waals surface area (Å²) in [6.45, 7) is 0. The van der Waals surface area contributed by atoms with Gasteiger partial charge in [0.25, 0.3) is 0 Å². The molecule has 0 aliphatic carbocycles. The van der Waals surface area contributed by atoms with Gasteiger partial charge in [0.15, 0.2) is 12.2 Å². The predicted molar refractivity (Wildman–Crippen MR) is 196 cm³/mol. The molecule has 2 fully saturated rings. The van der Waals surface area contributed by atoms with Gasteiger partial charge in [0.1, 0.15) is 58.4 Å². The Morgan fingerprint density at radius 1 is 0.466 bits per heavy atom. The highest BCUT2D eigenvalue weighted by Crippen LogP contribution is 2.38. The van der Waals surface area contributed by atoms with Gasteiger partial charge in [-0.05, 0) is 96.8 Å². The number of hydrogen-bond acceptors (Lipinski definition) is 6. The molecule has 8 nitrogen and oxygen atoms in total. The molecule has 14 heteroatoms. The summed E-state index contributed by atoms with van der Waals surface area (Å²) in [6.07, 6.45) is -3.49. The van der Waals surface area contributed by atoms with Crippen molar-refractivity contribution in [1.82, 2.24) is 20.6 Å². The molecule has 2 N–H and O–H groups in total. The van der Waals surface area contributed by atoms with Gasteiger partial charge in [0, 0.05) is 34.4 Å². The van der Waals surface area contributed by atoms with E-state index in [2.05, 4.69) is 44.3 Å². The second-order valence-corrected chi connectivity index (χ2v) is 12.6. The second-order valence-electron chi connectivity index (χ2n) is 12.6. The number of nitrogens with zero attached hydrogens (tertiary/aromatic N) is 2. The third-order valence-electron chi connectivity index (χ3n) is 8.66. The molecular weight excluding hydrogens is 762 g/mol. The molecule has 58 heavy (non-hydrogen) atoms. The third-order valence-corrected chi connectivity index (χ3v) is 8.66. The minimum Gasteiger partial charge on any atom is -0.439 e. The van der Waals surface area contributed by atoms with Gasteiger partial charge in [-0.25, -0.2) is 45.9 Å². The van der Waals surface area contributed by atoms with E-state index in [1.165, 1.54) is 36.4 Å². The van der Waals surface area contributed by atoms with E-state index in [0.717, 1.165) is 24.3 Å². The molecule has 2 saturated heterocycles. The van der Waals surface area contributed by atoms with E-state index < -0.39 is 71.4 Å². The molecule has 0 unspecified atom stereocenters. The summed E-state index contributed by atoms with van der Waals surface area (Å²) in [5, 5.41) is 5.17. The van der Waals surface area contributed by atoms with Gasteiger partial charge in [-0.15, -0.1) is 0 Å². The maximum Gasteiger partial charge on any atom is 0.408 e. The largest absolute Gasteiger partial charge is 0.439 e. The van der Waals surface area contributed by atoms with Crippen LogP contribution in [0.25, 0.3) is 0 Å². The maximum absolute atomic E-state index is 14.2. The van der Waals surface area contributed by atoms with Gasteiger partial charge in [-0.3, -0.25) is 0 Å². The van der Waals surface area contributed by atoms with Crippen molar-refractivity contribution in [3.63, 3.8) is 0 Å². The number of pyridine rings is 2. The lowest BCUT2D eigenvalue weighted by molar-refractivity contribution is 0.128. The first-order valence-corrected chi connectivity index (χ1v) is 17.3. The molecule has 8 rings (SSSR count). The Kier molecular flexibility index (Phi) is 11.4. The van der Waals surface area contributed by atoms with Gasteiger partial charge in [0.2, 0.25) is 0 Å². The molecule has 2 amide bonds. The summed E-state index contributed by atoms with van der Waals surface area (Å²) in [7, 11) is 0. The van der Waals surface area contributed by atoms with Crippen LogP contribution in [0.15, 0.2) is 121 Å². The second kappa shape index (κ2) is 17.1. The molecule has 0 saturated carbocycles. The van der Waals surface area contributed by atoms with Crippen LogP contribution in [0, 0.1) is 58.6 Å². The Morgan fingerprint density at radius 3 is 1.26 bits per heavy atom. The first kappa shape index (κ1) is 38.7. The highest BCUT2D eigenvalue weighted by Gasteiger charge is 2.40. The average Bonchev–Trinajstić information content (AvgIpc) is 3.79. The van der Waals surface area contributed by atoms with Crippen LogP contribution in [0.2, 0.25) is 0 Å². The molecule has 0 spiro atoms. The maximum atomic E-state index is 14.2. The quantitative estimate of drug-likeness (QED) is 0.137. The number of rotatable bonds is 4. The number of amides is 2. The lowest BCUT2D eigenvalue weighted by Gasteiger charge is -2.17. The van der Waals surface area contributed by atoms with Crippen molar-refractivity contribution < 1.29 is 45.4 Å². The van der Waals surface area contributed by atoms with Gasteiger partial charge < -0.3 is 20.1 Å². The molecule has 288 valence electrons. The summed E-state index contributed by atoms with van der Waals surface area (Å²) >= 11 is 0. The van der Waals surface area contributed by atoms with E-state index in [-0.39, 0.29) is 11.1 Å². The lowest BCUT2D eigenvalue weighted by atomic mass is 9.99. The molecular formula is C44H26F6N4O4. The number of carbonyl (C=O) groups excluding carboxylic acids is 2. The molecule has 2 aliphatic heterocycles. The molecule has 2 aliphatic rings. The summed E-state index contributed by atoms with van der Waals surface area (Å²) in [4.78, 5) is 32.4. The molecule has 0 bridgehead atoms. The number of alkyl carbamates (subject to hydrolysis) is 2. The van der Waals surface area contributed by atoms with Crippen LogP contribution < -0.4 is 10.6 Å².